The number of hydrogen-bond acceptors (Lipinski definition) is 4. The summed E-state index contributed by atoms with van der Waals surface area (Å²) in [5, 5.41) is 0. The molecule has 0 spiro atoms. The molecule has 0 radical (unpaired) electrons. The first-order valence-electron chi connectivity index (χ1n) is 8.66. The van der Waals surface area contributed by atoms with Crippen LogP contribution in [0.2, 0.25) is 0 Å². The standard InChI is InChI=1S/C20H21IN2O4/c1-26-17-6-2-15(3-7-17)20(25)23-12-10-22(11-13-23)19(24)14-27-18-8-4-16(21)5-9-18/h2-9H,10-14H2,1H3. The molecule has 6 nitrogen and oxygen atoms in total. The molecule has 2 aromatic rings. The van der Waals surface area contributed by atoms with Crippen LogP contribution in [0, 0.1) is 3.57 Å². The number of amides is 2. The van der Waals surface area contributed by atoms with Gasteiger partial charge in [-0.25, -0.2) is 0 Å². The summed E-state index contributed by atoms with van der Waals surface area (Å²) in [4.78, 5) is 28.4. The maximum atomic E-state index is 12.6. The highest BCUT2D eigenvalue weighted by Gasteiger charge is 2.25. The van der Waals surface area contributed by atoms with Gasteiger partial charge in [0, 0.05) is 35.3 Å². The highest BCUT2D eigenvalue weighted by atomic mass is 127. The molecule has 2 aromatic carbocycles. The van der Waals surface area contributed by atoms with Gasteiger partial charge in [-0.1, -0.05) is 0 Å². The van der Waals surface area contributed by atoms with Crippen molar-refractivity contribution in [1.82, 2.24) is 9.80 Å². The zero-order valence-corrected chi connectivity index (χ0v) is 17.2. The number of benzene rings is 2. The third-order valence-electron chi connectivity index (χ3n) is 4.43. The van der Waals surface area contributed by atoms with E-state index in [-0.39, 0.29) is 18.4 Å². The Balaban J connectivity index is 1.48. The molecule has 1 aliphatic rings. The average Bonchev–Trinajstić information content (AvgIpc) is 2.73. The molecule has 0 aromatic heterocycles. The van der Waals surface area contributed by atoms with E-state index in [9.17, 15) is 9.59 Å². The first-order chi connectivity index (χ1) is 13.1. The average molecular weight is 480 g/mol. The van der Waals surface area contributed by atoms with Crippen molar-refractivity contribution in [3.63, 3.8) is 0 Å². The van der Waals surface area contributed by atoms with Gasteiger partial charge < -0.3 is 19.3 Å². The van der Waals surface area contributed by atoms with E-state index in [2.05, 4.69) is 22.6 Å². The molecule has 0 atom stereocenters. The zero-order valence-electron chi connectivity index (χ0n) is 15.1. The number of methoxy groups -OCH3 is 1. The first kappa shape index (κ1) is 19.5. The summed E-state index contributed by atoms with van der Waals surface area (Å²) < 4.78 is 11.8. The van der Waals surface area contributed by atoms with Gasteiger partial charge in [0.25, 0.3) is 11.8 Å². The molecule has 1 heterocycles. The monoisotopic (exact) mass is 480 g/mol. The number of piperazine rings is 1. The number of rotatable bonds is 5. The lowest BCUT2D eigenvalue weighted by Gasteiger charge is -2.34. The van der Waals surface area contributed by atoms with Gasteiger partial charge in [-0.05, 0) is 71.1 Å². The van der Waals surface area contributed by atoms with E-state index in [0.717, 1.165) is 9.32 Å². The van der Waals surface area contributed by atoms with Crippen LogP contribution in [0.3, 0.4) is 0 Å². The molecular formula is C20H21IN2O4. The van der Waals surface area contributed by atoms with E-state index in [1.807, 2.05) is 24.3 Å². The van der Waals surface area contributed by atoms with Crippen molar-refractivity contribution in [3.05, 3.63) is 57.7 Å². The van der Waals surface area contributed by atoms with Crippen LogP contribution in [0.25, 0.3) is 0 Å². The molecule has 27 heavy (non-hydrogen) atoms. The largest absolute Gasteiger partial charge is 0.497 e. The van der Waals surface area contributed by atoms with Gasteiger partial charge in [0.2, 0.25) is 0 Å². The number of nitrogens with zero attached hydrogens (tertiary/aromatic N) is 2. The minimum atomic E-state index is -0.0647. The normalized spacial score (nSPS) is 14.0. The lowest BCUT2D eigenvalue weighted by Crippen LogP contribution is -2.51. The second kappa shape index (κ2) is 9.07. The molecule has 3 rings (SSSR count). The summed E-state index contributed by atoms with van der Waals surface area (Å²) in [6, 6.07) is 14.6. The molecular weight excluding hydrogens is 459 g/mol. The molecule has 142 valence electrons. The molecule has 0 unspecified atom stereocenters. The Morgan fingerprint density at radius 2 is 1.44 bits per heavy atom. The Kier molecular flexibility index (Phi) is 6.54. The number of carbonyl (C=O) groups is 2. The maximum Gasteiger partial charge on any atom is 0.260 e. The fraction of sp³-hybridized carbons (Fsp3) is 0.300. The quantitative estimate of drug-likeness (QED) is 0.618. The smallest absolute Gasteiger partial charge is 0.260 e. The van der Waals surface area contributed by atoms with E-state index < -0.39 is 0 Å². The van der Waals surface area contributed by atoms with Crippen LogP contribution in [0.4, 0.5) is 0 Å². The first-order valence-corrected chi connectivity index (χ1v) is 9.74. The van der Waals surface area contributed by atoms with Crippen molar-refractivity contribution in [2.75, 3.05) is 39.9 Å². The lowest BCUT2D eigenvalue weighted by atomic mass is 10.1. The van der Waals surface area contributed by atoms with Gasteiger partial charge in [-0.15, -0.1) is 0 Å². The summed E-state index contributed by atoms with van der Waals surface area (Å²) in [6.07, 6.45) is 0. The van der Waals surface area contributed by atoms with Gasteiger partial charge in [0.05, 0.1) is 7.11 Å². The maximum absolute atomic E-state index is 12.6. The van der Waals surface area contributed by atoms with Crippen molar-refractivity contribution in [2.45, 2.75) is 0 Å². The second-order valence-corrected chi connectivity index (χ2v) is 7.39. The fourth-order valence-corrected chi connectivity index (χ4v) is 3.20. The van der Waals surface area contributed by atoms with Crippen molar-refractivity contribution >= 4 is 34.4 Å². The third kappa shape index (κ3) is 5.12. The van der Waals surface area contributed by atoms with Crippen LogP contribution < -0.4 is 9.47 Å². The summed E-state index contributed by atoms with van der Waals surface area (Å²) >= 11 is 2.22. The summed E-state index contributed by atoms with van der Waals surface area (Å²) in [5.74, 6) is 1.30. The van der Waals surface area contributed by atoms with Crippen molar-refractivity contribution in [2.24, 2.45) is 0 Å². The highest BCUT2D eigenvalue weighted by molar-refractivity contribution is 14.1. The summed E-state index contributed by atoms with van der Waals surface area (Å²) in [5.41, 5.74) is 0.623. The topological polar surface area (TPSA) is 59.1 Å². The molecule has 1 fully saturated rings. The predicted octanol–water partition coefficient (Wildman–Crippen LogP) is 2.66. The van der Waals surface area contributed by atoms with E-state index in [1.54, 1.807) is 41.2 Å². The highest BCUT2D eigenvalue weighted by Crippen LogP contribution is 2.15. The second-order valence-electron chi connectivity index (χ2n) is 6.14. The number of ether oxygens (including phenoxy) is 2. The van der Waals surface area contributed by atoms with Gasteiger partial charge in [-0.2, -0.15) is 0 Å². The Labute approximate surface area is 172 Å². The van der Waals surface area contributed by atoms with Gasteiger partial charge in [-0.3, -0.25) is 9.59 Å². The number of carbonyl (C=O) groups excluding carboxylic acids is 2. The van der Waals surface area contributed by atoms with Crippen LogP contribution in [0.15, 0.2) is 48.5 Å². The summed E-state index contributed by atoms with van der Waals surface area (Å²) in [7, 11) is 1.59. The molecule has 0 aliphatic carbocycles. The third-order valence-corrected chi connectivity index (χ3v) is 5.15. The van der Waals surface area contributed by atoms with Crippen molar-refractivity contribution < 1.29 is 19.1 Å². The Hall–Kier alpha value is -2.29. The van der Waals surface area contributed by atoms with Crippen LogP contribution in [0.5, 0.6) is 11.5 Å². The molecule has 1 saturated heterocycles. The van der Waals surface area contributed by atoms with Crippen LogP contribution in [-0.2, 0) is 4.79 Å². The van der Waals surface area contributed by atoms with Crippen LogP contribution in [0.1, 0.15) is 10.4 Å². The molecule has 2 amide bonds. The lowest BCUT2D eigenvalue weighted by molar-refractivity contribution is -0.134. The molecule has 0 saturated carbocycles. The number of halogens is 1. The van der Waals surface area contributed by atoms with E-state index >= 15 is 0 Å². The SMILES string of the molecule is COc1ccc(C(=O)N2CCN(C(=O)COc3ccc(I)cc3)CC2)cc1. The van der Waals surface area contributed by atoms with Crippen LogP contribution in [-0.4, -0.2) is 61.5 Å². The Morgan fingerprint density at radius 1 is 0.889 bits per heavy atom. The minimum Gasteiger partial charge on any atom is -0.497 e. The van der Waals surface area contributed by atoms with Crippen LogP contribution >= 0.6 is 22.6 Å². The summed E-state index contributed by atoms with van der Waals surface area (Å²) in [6.45, 7) is 2.06. The molecule has 0 bridgehead atoms. The minimum absolute atomic E-state index is 0.00696. The molecule has 1 aliphatic heterocycles. The van der Waals surface area contributed by atoms with Crippen molar-refractivity contribution in [3.8, 4) is 11.5 Å². The van der Waals surface area contributed by atoms with Gasteiger partial charge in [0.15, 0.2) is 6.61 Å². The number of hydrogen-bond donors (Lipinski definition) is 0. The van der Waals surface area contributed by atoms with Gasteiger partial charge in [0.1, 0.15) is 11.5 Å². The molecule has 0 N–H and O–H groups in total. The Bertz CT molecular complexity index is 785. The fourth-order valence-electron chi connectivity index (χ4n) is 2.84. The zero-order chi connectivity index (χ0) is 19.2. The van der Waals surface area contributed by atoms with Gasteiger partial charge >= 0.3 is 0 Å². The van der Waals surface area contributed by atoms with E-state index in [4.69, 9.17) is 9.47 Å². The Morgan fingerprint density at radius 3 is 2.04 bits per heavy atom. The van der Waals surface area contributed by atoms with E-state index in [0.29, 0.717) is 37.5 Å². The van der Waals surface area contributed by atoms with Crippen molar-refractivity contribution in [1.29, 1.82) is 0 Å². The molecule has 7 heteroatoms. The predicted molar refractivity (Wildman–Crippen MR) is 110 cm³/mol. The van der Waals surface area contributed by atoms with E-state index in [1.165, 1.54) is 0 Å².